The molecule has 1 aromatic rings. The summed E-state index contributed by atoms with van der Waals surface area (Å²) in [5, 5.41) is 12.3. The summed E-state index contributed by atoms with van der Waals surface area (Å²) >= 11 is 3.40. The second kappa shape index (κ2) is 5.33. The van der Waals surface area contributed by atoms with Crippen molar-refractivity contribution in [2.45, 2.75) is 18.9 Å². The Kier molecular flexibility index (Phi) is 3.81. The molecule has 0 spiro atoms. The normalized spacial score (nSPS) is 16.8. The lowest BCUT2D eigenvalue weighted by molar-refractivity contribution is 0.0904. The van der Waals surface area contributed by atoms with Crippen molar-refractivity contribution in [1.82, 2.24) is 0 Å². The molecule has 1 saturated heterocycles. The van der Waals surface area contributed by atoms with Gasteiger partial charge in [-0.15, -0.1) is 0 Å². The summed E-state index contributed by atoms with van der Waals surface area (Å²) < 4.78 is 6.24. The predicted octanol–water partition coefficient (Wildman–Crippen LogP) is 2.91. The second-order valence-corrected chi connectivity index (χ2v) is 4.79. The number of ether oxygens (including phenoxy) is 1. The Bertz CT molecular complexity index is 408. The van der Waals surface area contributed by atoms with E-state index in [9.17, 15) is 0 Å². The molecule has 1 aliphatic heterocycles. The maximum absolute atomic E-state index is 8.87. The van der Waals surface area contributed by atoms with Crippen molar-refractivity contribution < 1.29 is 4.74 Å². The molecule has 0 aliphatic carbocycles. The molecule has 0 amide bonds. The van der Waals surface area contributed by atoms with Crippen LogP contribution in [0.25, 0.3) is 0 Å². The Morgan fingerprint density at radius 1 is 1.31 bits per heavy atom. The van der Waals surface area contributed by atoms with Crippen LogP contribution in [0.4, 0.5) is 5.69 Å². The molecule has 1 fully saturated rings. The van der Waals surface area contributed by atoms with Gasteiger partial charge in [0, 0.05) is 29.4 Å². The fourth-order valence-electron chi connectivity index (χ4n) is 1.82. The van der Waals surface area contributed by atoms with E-state index in [0.717, 1.165) is 36.2 Å². The summed E-state index contributed by atoms with van der Waals surface area (Å²) in [6.07, 6.45) is 2.04. The Morgan fingerprint density at radius 3 is 2.75 bits per heavy atom. The molecule has 3 nitrogen and oxygen atoms in total. The molecule has 1 N–H and O–H groups in total. The third kappa shape index (κ3) is 2.97. The molecule has 1 aromatic carbocycles. The van der Waals surface area contributed by atoms with E-state index < -0.39 is 0 Å². The molecule has 0 atom stereocenters. The van der Waals surface area contributed by atoms with Gasteiger partial charge < -0.3 is 10.1 Å². The lowest BCUT2D eigenvalue weighted by Crippen LogP contribution is -2.27. The minimum absolute atomic E-state index is 0.453. The maximum Gasteiger partial charge on any atom is 0.0992 e. The predicted molar refractivity (Wildman–Crippen MR) is 66.3 cm³/mol. The zero-order valence-electron chi connectivity index (χ0n) is 8.87. The third-order valence-electron chi connectivity index (χ3n) is 2.62. The number of hydrogen-bond donors (Lipinski definition) is 1. The van der Waals surface area contributed by atoms with Crippen LogP contribution in [0.1, 0.15) is 18.4 Å². The van der Waals surface area contributed by atoms with Crippen LogP contribution < -0.4 is 5.32 Å². The summed E-state index contributed by atoms with van der Waals surface area (Å²) in [6, 6.07) is 8.29. The summed E-state index contributed by atoms with van der Waals surface area (Å²) in [5.41, 5.74) is 1.67. The van der Waals surface area contributed by atoms with Gasteiger partial charge in [0.05, 0.1) is 11.6 Å². The average Bonchev–Trinajstić information content (AvgIpc) is 2.29. The van der Waals surface area contributed by atoms with Crippen molar-refractivity contribution >= 4 is 21.6 Å². The highest BCUT2D eigenvalue weighted by Crippen LogP contribution is 2.21. The van der Waals surface area contributed by atoms with E-state index in [4.69, 9.17) is 10.00 Å². The van der Waals surface area contributed by atoms with Crippen molar-refractivity contribution in [2.24, 2.45) is 0 Å². The van der Waals surface area contributed by atoms with Gasteiger partial charge in [-0.1, -0.05) is 15.9 Å². The first-order valence-corrected chi connectivity index (χ1v) is 6.12. The number of nitrogens with zero attached hydrogens (tertiary/aromatic N) is 1. The van der Waals surface area contributed by atoms with E-state index in [1.165, 1.54) is 0 Å². The monoisotopic (exact) mass is 280 g/mol. The zero-order chi connectivity index (χ0) is 11.4. The van der Waals surface area contributed by atoms with E-state index in [1.807, 2.05) is 18.2 Å². The van der Waals surface area contributed by atoms with Crippen LogP contribution in [-0.2, 0) is 4.74 Å². The first kappa shape index (κ1) is 11.4. The summed E-state index contributed by atoms with van der Waals surface area (Å²) in [5.74, 6) is 0. The molecular formula is C12H13BrN2O. The first-order chi connectivity index (χ1) is 7.78. The number of nitriles is 1. The van der Waals surface area contributed by atoms with Gasteiger partial charge >= 0.3 is 0 Å². The SMILES string of the molecule is N#Cc1cc(Br)cc(NC2CCOCC2)c1. The molecule has 16 heavy (non-hydrogen) atoms. The highest BCUT2D eigenvalue weighted by molar-refractivity contribution is 9.10. The van der Waals surface area contributed by atoms with Crippen molar-refractivity contribution in [2.75, 3.05) is 18.5 Å². The molecule has 0 bridgehead atoms. The van der Waals surface area contributed by atoms with Crippen LogP contribution in [0.3, 0.4) is 0 Å². The molecule has 0 unspecified atom stereocenters. The van der Waals surface area contributed by atoms with Gasteiger partial charge in [-0.05, 0) is 31.0 Å². The maximum atomic E-state index is 8.87. The van der Waals surface area contributed by atoms with Gasteiger partial charge in [-0.3, -0.25) is 0 Å². The van der Waals surface area contributed by atoms with Gasteiger partial charge in [-0.25, -0.2) is 0 Å². The topological polar surface area (TPSA) is 45.0 Å². The number of hydrogen-bond acceptors (Lipinski definition) is 3. The Hall–Kier alpha value is -1.05. The fraction of sp³-hybridized carbons (Fsp3) is 0.417. The fourth-order valence-corrected chi connectivity index (χ4v) is 2.31. The quantitative estimate of drug-likeness (QED) is 0.906. The molecule has 0 saturated carbocycles. The largest absolute Gasteiger partial charge is 0.382 e. The highest BCUT2D eigenvalue weighted by atomic mass is 79.9. The van der Waals surface area contributed by atoms with Gasteiger partial charge in [0.25, 0.3) is 0 Å². The third-order valence-corrected chi connectivity index (χ3v) is 3.08. The molecule has 4 heteroatoms. The van der Waals surface area contributed by atoms with E-state index >= 15 is 0 Å². The average molecular weight is 281 g/mol. The summed E-state index contributed by atoms with van der Waals surface area (Å²) in [6.45, 7) is 1.63. The first-order valence-electron chi connectivity index (χ1n) is 5.33. The molecule has 0 aromatic heterocycles. The van der Waals surface area contributed by atoms with Crippen LogP contribution in [-0.4, -0.2) is 19.3 Å². The smallest absolute Gasteiger partial charge is 0.0992 e. The van der Waals surface area contributed by atoms with Crippen LogP contribution in [0.5, 0.6) is 0 Å². The van der Waals surface area contributed by atoms with E-state index in [-0.39, 0.29) is 0 Å². The van der Waals surface area contributed by atoms with Crippen LogP contribution in [0.15, 0.2) is 22.7 Å². The van der Waals surface area contributed by atoms with E-state index in [2.05, 4.69) is 27.3 Å². The summed E-state index contributed by atoms with van der Waals surface area (Å²) in [7, 11) is 0. The minimum Gasteiger partial charge on any atom is -0.382 e. The van der Waals surface area contributed by atoms with Gasteiger partial charge in [0.2, 0.25) is 0 Å². The number of halogens is 1. The molecule has 0 radical (unpaired) electrons. The molecule has 1 aliphatic rings. The Morgan fingerprint density at radius 2 is 2.06 bits per heavy atom. The van der Waals surface area contributed by atoms with E-state index in [0.29, 0.717) is 11.6 Å². The lowest BCUT2D eigenvalue weighted by atomic mass is 10.1. The molecule has 1 heterocycles. The number of nitrogens with one attached hydrogen (secondary N) is 1. The minimum atomic E-state index is 0.453. The van der Waals surface area contributed by atoms with Crippen molar-refractivity contribution in [1.29, 1.82) is 5.26 Å². The van der Waals surface area contributed by atoms with Crippen molar-refractivity contribution in [3.63, 3.8) is 0 Å². The molecule has 2 rings (SSSR count). The lowest BCUT2D eigenvalue weighted by Gasteiger charge is -2.24. The Balaban J connectivity index is 2.08. The second-order valence-electron chi connectivity index (χ2n) is 3.87. The van der Waals surface area contributed by atoms with Crippen LogP contribution >= 0.6 is 15.9 Å². The zero-order valence-corrected chi connectivity index (χ0v) is 10.5. The standard InChI is InChI=1S/C12H13BrN2O/c13-10-5-9(8-14)6-12(7-10)15-11-1-3-16-4-2-11/h5-7,11,15H,1-4H2. The van der Waals surface area contributed by atoms with Crippen LogP contribution in [0.2, 0.25) is 0 Å². The van der Waals surface area contributed by atoms with Crippen LogP contribution in [0, 0.1) is 11.3 Å². The number of anilines is 1. The molecule has 84 valence electrons. The molecular weight excluding hydrogens is 268 g/mol. The highest BCUT2D eigenvalue weighted by Gasteiger charge is 2.13. The summed E-state index contributed by atoms with van der Waals surface area (Å²) in [4.78, 5) is 0. The number of rotatable bonds is 2. The van der Waals surface area contributed by atoms with Gasteiger partial charge in [0.1, 0.15) is 0 Å². The van der Waals surface area contributed by atoms with Crippen molar-refractivity contribution in [3.8, 4) is 6.07 Å². The van der Waals surface area contributed by atoms with Gasteiger partial charge in [0.15, 0.2) is 0 Å². The van der Waals surface area contributed by atoms with Crippen molar-refractivity contribution in [3.05, 3.63) is 28.2 Å². The van der Waals surface area contributed by atoms with Gasteiger partial charge in [-0.2, -0.15) is 5.26 Å². The van der Waals surface area contributed by atoms with E-state index in [1.54, 1.807) is 0 Å². The number of benzene rings is 1. The Labute approximate surface area is 104 Å².